The molecular weight excluding hydrogens is 652 g/mol. The zero-order chi connectivity index (χ0) is 27.8. The van der Waals surface area contributed by atoms with Gasteiger partial charge in [-0.1, -0.05) is 0 Å². The average molecular weight is 683 g/mol. The topological polar surface area (TPSA) is 9.23 Å². The molecule has 198 valence electrons. The van der Waals surface area contributed by atoms with Crippen LogP contribution in [0, 0.1) is 27.7 Å². The molecule has 0 saturated carbocycles. The van der Waals surface area contributed by atoms with Gasteiger partial charge in [0.1, 0.15) is 0 Å². The Bertz CT molecular complexity index is 1410. The third-order valence-corrected chi connectivity index (χ3v) is 24.3. The van der Waals surface area contributed by atoms with Crippen LogP contribution in [0.4, 0.5) is 0 Å². The summed E-state index contributed by atoms with van der Waals surface area (Å²) in [5.74, 6) is 0.437. The Morgan fingerprint density at radius 1 is 0.436 bits per heavy atom. The summed E-state index contributed by atoms with van der Waals surface area (Å²) in [7, 11) is 0. The molecule has 5 aromatic rings. The third kappa shape index (κ3) is 4.79. The van der Waals surface area contributed by atoms with E-state index in [2.05, 4.69) is 125 Å². The molecule has 0 bridgehead atoms. The fourth-order valence-electron chi connectivity index (χ4n) is 5.22. The first-order chi connectivity index (χ1) is 18.6. The molecule has 0 aliphatic rings. The van der Waals surface area contributed by atoms with Crippen molar-refractivity contribution < 1.29 is 3.02 Å². The molecule has 5 aromatic carbocycles. The van der Waals surface area contributed by atoms with Crippen molar-refractivity contribution in [3.8, 4) is 5.75 Å². The van der Waals surface area contributed by atoms with Crippen LogP contribution in [0.25, 0.3) is 0 Å². The summed E-state index contributed by atoms with van der Waals surface area (Å²) in [5, 5.41) is 1.22. The van der Waals surface area contributed by atoms with Crippen molar-refractivity contribution in [3.63, 3.8) is 0 Å². The van der Waals surface area contributed by atoms with Gasteiger partial charge in [0.05, 0.1) is 0 Å². The predicted octanol–water partition coefficient (Wildman–Crippen LogP) is 7.79. The van der Waals surface area contributed by atoms with E-state index in [-0.39, 0.29) is 0 Å². The van der Waals surface area contributed by atoms with Gasteiger partial charge < -0.3 is 0 Å². The van der Waals surface area contributed by atoms with Gasteiger partial charge in [0.25, 0.3) is 0 Å². The minimum atomic E-state index is -5.25. The van der Waals surface area contributed by atoms with Crippen LogP contribution in [-0.4, -0.2) is 17.8 Å². The van der Waals surface area contributed by atoms with Crippen molar-refractivity contribution in [3.05, 3.63) is 147 Å². The molecule has 0 radical (unpaired) electrons. The van der Waals surface area contributed by atoms with E-state index in [4.69, 9.17) is 37.8 Å². The van der Waals surface area contributed by atoms with Crippen LogP contribution in [0.2, 0.25) is 15.1 Å². The molecule has 0 aliphatic carbocycles. The van der Waals surface area contributed by atoms with Crippen molar-refractivity contribution in [2.75, 3.05) is 0 Å². The first-order valence-corrected chi connectivity index (χ1v) is 20.1. The van der Waals surface area contributed by atoms with Crippen molar-refractivity contribution in [1.29, 1.82) is 0 Å². The van der Waals surface area contributed by atoms with Crippen LogP contribution in [0.3, 0.4) is 0 Å². The monoisotopic (exact) mass is 680 g/mol. The fourth-order valence-corrected chi connectivity index (χ4v) is 22.5. The zero-order valence-corrected chi connectivity index (χ0v) is 27.2. The maximum atomic E-state index is 7.69. The molecule has 0 aliphatic heterocycles. The molecule has 0 amide bonds. The first-order valence-electron chi connectivity index (χ1n) is 12.8. The molecule has 0 aromatic heterocycles. The van der Waals surface area contributed by atoms with Gasteiger partial charge in [-0.15, -0.1) is 0 Å². The van der Waals surface area contributed by atoms with Gasteiger partial charge >= 0.3 is 250 Å². The van der Waals surface area contributed by atoms with Crippen LogP contribution >= 0.6 is 34.8 Å². The SMILES string of the molecule is Cc1cc[c]([Sb]([O]c2c(Cl)cc(Cl)cc2Cl)([c]2ccc(C)cc2)([c]2ccc(C)cc2)[c]2ccc(C)cc2)cc1. The van der Waals surface area contributed by atoms with Crippen LogP contribution in [0.5, 0.6) is 5.75 Å². The van der Waals surface area contributed by atoms with Crippen molar-refractivity contribution in [2.24, 2.45) is 0 Å². The summed E-state index contributed by atoms with van der Waals surface area (Å²) in [6, 6.07) is 38.4. The fraction of sp³-hybridized carbons (Fsp3) is 0.118. The quantitative estimate of drug-likeness (QED) is 0.166. The molecule has 39 heavy (non-hydrogen) atoms. The van der Waals surface area contributed by atoms with E-state index in [9.17, 15) is 0 Å². The van der Waals surface area contributed by atoms with E-state index < -0.39 is 17.8 Å². The van der Waals surface area contributed by atoms with E-state index in [1.54, 1.807) is 12.1 Å². The third-order valence-electron chi connectivity index (χ3n) is 7.34. The second-order valence-electron chi connectivity index (χ2n) is 10.2. The summed E-state index contributed by atoms with van der Waals surface area (Å²) in [6.07, 6.45) is 0. The van der Waals surface area contributed by atoms with Crippen LogP contribution in [-0.2, 0) is 0 Å². The second-order valence-corrected chi connectivity index (χ2v) is 23.7. The number of aryl methyl sites for hydroxylation is 4. The Kier molecular flexibility index (Phi) is 7.84. The summed E-state index contributed by atoms with van der Waals surface area (Å²) in [4.78, 5) is 0. The van der Waals surface area contributed by atoms with Gasteiger partial charge in [0.15, 0.2) is 0 Å². The van der Waals surface area contributed by atoms with E-state index in [0.29, 0.717) is 20.8 Å². The molecule has 0 unspecified atom stereocenters. The predicted molar refractivity (Wildman–Crippen MR) is 171 cm³/mol. The minimum absolute atomic E-state index is 0.379. The Balaban J connectivity index is 2.07. The Morgan fingerprint density at radius 2 is 0.692 bits per heavy atom. The van der Waals surface area contributed by atoms with E-state index in [1.807, 2.05) is 0 Å². The first kappa shape index (κ1) is 28.1. The molecule has 0 heterocycles. The Labute approximate surface area is 247 Å². The zero-order valence-electron chi connectivity index (χ0n) is 22.4. The van der Waals surface area contributed by atoms with Crippen molar-refractivity contribution in [1.82, 2.24) is 0 Å². The molecule has 0 atom stereocenters. The molecule has 5 rings (SSSR count). The molecule has 5 heteroatoms. The van der Waals surface area contributed by atoms with Crippen LogP contribution in [0.1, 0.15) is 22.3 Å². The second kappa shape index (κ2) is 10.9. The summed E-state index contributed by atoms with van der Waals surface area (Å²) >= 11 is 14.9. The van der Waals surface area contributed by atoms with Gasteiger partial charge in [0.2, 0.25) is 0 Å². The number of benzene rings is 5. The van der Waals surface area contributed by atoms with Gasteiger partial charge in [-0.3, -0.25) is 0 Å². The molecule has 0 fully saturated rings. The Hall–Kier alpha value is -2.41. The Morgan fingerprint density at radius 3 is 0.949 bits per heavy atom. The number of halogens is 3. The summed E-state index contributed by atoms with van der Waals surface area (Å²) in [5.41, 5.74) is 4.69. The summed E-state index contributed by atoms with van der Waals surface area (Å²) in [6.45, 7) is 8.41. The molecule has 0 saturated heterocycles. The summed E-state index contributed by atoms with van der Waals surface area (Å²) < 4.78 is 12.2. The van der Waals surface area contributed by atoms with Crippen molar-refractivity contribution in [2.45, 2.75) is 27.7 Å². The van der Waals surface area contributed by atoms with Gasteiger partial charge in [0, 0.05) is 0 Å². The van der Waals surface area contributed by atoms with Crippen LogP contribution < -0.4 is 17.1 Å². The van der Waals surface area contributed by atoms with Crippen LogP contribution in [0.15, 0.2) is 109 Å². The van der Waals surface area contributed by atoms with Gasteiger partial charge in [-0.05, 0) is 0 Å². The van der Waals surface area contributed by atoms with Gasteiger partial charge in [-0.2, -0.15) is 0 Å². The molecule has 0 N–H and O–H groups in total. The van der Waals surface area contributed by atoms with E-state index in [0.717, 1.165) is 14.0 Å². The number of hydrogen-bond donors (Lipinski definition) is 0. The molecular formula is C34H30Cl3OSb. The van der Waals surface area contributed by atoms with Gasteiger partial charge in [-0.25, -0.2) is 0 Å². The average Bonchev–Trinajstić information content (AvgIpc) is 2.91. The van der Waals surface area contributed by atoms with Crippen molar-refractivity contribution >= 4 is 66.7 Å². The number of hydrogen-bond acceptors (Lipinski definition) is 1. The normalized spacial score (nSPS) is 12.5. The maximum absolute atomic E-state index is 7.69. The van der Waals surface area contributed by atoms with E-state index >= 15 is 0 Å². The molecule has 0 spiro atoms. The standard InChI is InChI=1S/4C7H7.C6H3Cl3O.Sb/c4*1-7-5-3-2-4-6-7;7-3-1-4(8)6(10)5(9)2-3;/h4*3-6H,1H3;1-2,10H;/q;;;;;+1/p-1. The molecule has 1 nitrogen and oxygen atoms in total. The van der Waals surface area contributed by atoms with E-state index in [1.165, 1.54) is 22.3 Å². The number of rotatable bonds is 6.